The third-order valence-electron chi connectivity index (χ3n) is 1.29. The van der Waals surface area contributed by atoms with E-state index in [0.29, 0.717) is 5.57 Å². The van der Waals surface area contributed by atoms with Crippen molar-refractivity contribution in [2.45, 2.75) is 20.3 Å². The molecule has 0 aliphatic heterocycles. The Morgan fingerprint density at radius 3 is 2.92 bits per heavy atom. The quantitative estimate of drug-likeness (QED) is 0.654. The van der Waals surface area contributed by atoms with Gasteiger partial charge in [0.2, 0.25) is 0 Å². The molecule has 0 radical (unpaired) electrons. The number of allylic oxidation sites excluding steroid dienone is 2. The van der Waals surface area contributed by atoms with Crippen LogP contribution in [-0.4, -0.2) is 9.36 Å². The maximum Gasteiger partial charge on any atom is 0.154 e. The van der Waals surface area contributed by atoms with Gasteiger partial charge in [0.1, 0.15) is 11.9 Å². The van der Waals surface area contributed by atoms with Gasteiger partial charge in [-0.1, -0.05) is 13.0 Å². The minimum absolute atomic E-state index is 0.628. The Bertz CT molecular complexity index is 332. The van der Waals surface area contributed by atoms with Crippen molar-refractivity contribution in [2.75, 3.05) is 0 Å². The first kappa shape index (κ1) is 8.88. The summed E-state index contributed by atoms with van der Waals surface area (Å²) in [6, 6.07) is 2.10. The maximum atomic E-state index is 8.74. The molecule has 1 rings (SSSR count). The Morgan fingerprint density at radius 1 is 1.75 bits per heavy atom. The lowest BCUT2D eigenvalue weighted by Crippen LogP contribution is -1.80. The van der Waals surface area contributed by atoms with E-state index in [1.807, 2.05) is 19.9 Å². The molecule has 0 aliphatic carbocycles. The van der Waals surface area contributed by atoms with Crippen LogP contribution >= 0.6 is 11.5 Å². The lowest BCUT2D eigenvalue weighted by Gasteiger charge is -1.87. The van der Waals surface area contributed by atoms with E-state index in [1.54, 1.807) is 0 Å². The Balaban J connectivity index is 2.97. The van der Waals surface area contributed by atoms with Gasteiger partial charge < -0.3 is 0 Å². The second kappa shape index (κ2) is 3.98. The SMILES string of the molecule is CCC=C(C#N)c1nc(C)ns1. The summed E-state index contributed by atoms with van der Waals surface area (Å²) in [7, 11) is 0. The van der Waals surface area contributed by atoms with Crippen molar-refractivity contribution in [1.29, 1.82) is 5.26 Å². The van der Waals surface area contributed by atoms with E-state index in [1.165, 1.54) is 11.5 Å². The molecule has 0 saturated carbocycles. The lowest BCUT2D eigenvalue weighted by molar-refractivity contribution is 1.15. The van der Waals surface area contributed by atoms with Crippen LogP contribution in [0, 0.1) is 18.3 Å². The number of nitrogens with zero attached hydrogens (tertiary/aromatic N) is 3. The van der Waals surface area contributed by atoms with Crippen LogP contribution in [0.25, 0.3) is 5.57 Å². The van der Waals surface area contributed by atoms with Gasteiger partial charge in [0, 0.05) is 0 Å². The van der Waals surface area contributed by atoms with E-state index in [-0.39, 0.29) is 0 Å². The first-order valence-corrected chi connectivity index (χ1v) is 4.46. The van der Waals surface area contributed by atoms with Gasteiger partial charge in [-0.15, -0.1) is 0 Å². The fourth-order valence-corrected chi connectivity index (χ4v) is 1.45. The molecule has 0 amide bonds. The van der Waals surface area contributed by atoms with Crippen LogP contribution in [0.5, 0.6) is 0 Å². The first-order chi connectivity index (χ1) is 5.77. The zero-order valence-corrected chi connectivity index (χ0v) is 7.85. The highest BCUT2D eigenvalue weighted by Crippen LogP contribution is 2.15. The molecule has 1 aromatic rings. The second-order valence-corrected chi connectivity index (χ2v) is 3.04. The van der Waals surface area contributed by atoms with Crippen molar-refractivity contribution in [3.63, 3.8) is 0 Å². The van der Waals surface area contributed by atoms with E-state index in [0.717, 1.165) is 17.3 Å². The van der Waals surface area contributed by atoms with Gasteiger partial charge in [-0.25, -0.2) is 4.98 Å². The minimum atomic E-state index is 0.628. The van der Waals surface area contributed by atoms with Gasteiger partial charge >= 0.3 is 0 Å². The monoisotopic (exact) mass is 179 g/mol. The third kappa shape index (κ3) is 1.89. The van der Waals surface area contributed by atoms with Crippen molar-refractivity contribution < 1.29 is 0 Å². The zero-order valence-electron chi connectivity index (χ0n) is 7.03. The summed E-state index contributed by atoms with van der Waals surface area (Å²) in [5.74, 6) is 0.729. The van der Waals surface area contributed by atoms with E-state index in [4.69, 9.17) is 5.26 Å². The molecule has 0 unspecified atom stereocenters. The molecule has 3 nitrogen and oxygen atoms in total. The van der Waals surface area contributed by atoms with Gasteiger partial charge in [0.25, 0.3) is 0 Å². The van der Waals surface area contributed by atoms with E-state index in [2.05, 4.69) is 15.4 Å². The summed E-state index contributed by atoms with van der Waals surface area (Å²) in [6.07, 6.45) is 2.71. The van der Waals surface area contributed by atoms with Crippen LogP contribution < -0.4 is 0 Å². The molecule has 0 N–H and O–H groups in total. The summed E-state index contributed by atoms with van der Waals surface area (Å²) < 4.78 is 4.01. The molecule has 0 fully saturated rings. The largest absolute Gasteiger partial charge is 0.219 e. The predicted octanol–water partition coefficient (Wildman–Crippen LogP) is 2.16. The van der Waals surface area contributed by atoms with Crippen molar-refractivity contribution >= 4 is 17.1 Å². The van der Waals surface area contributed by atoms with Gasteiger partial charge in [0.05, 0.1) is 5.57 Å². The highest BCUT2D eigenvalue weighted by atomic mass is 32.1. The van der Waals surface area contributed by atoms with Gasteiger partial charge in [-0.05, 0) is 24.9 Å². The third-order valence-corrected chi connectivity index (χ3v) is 2.13. The van der Waals surface area contributed by atoms with Crippen LogP contribution in [0.15, 0.2) is 6.08 Å². The van der Waals surface area contributed by atoms with Crippen LogP contribution in [0.4, 0.5) is 0 Å². The second-order valence-electron chi connectivity index (χ2n) is 2.28. The summed E-state index contributed by atoms with van der Waals surface area (Å²) in [6.45, 7) is 3.81. The number of nitriles is 1. The van der Waals surface area contributed by atoms with E-state index >= 15 is 0 Å². The standard InChI is InChI=1S/C8H9N3S/c1-3-4-7(5-9)8-10-6(2)11-12-8/h4H,3H2,1-2H3. The van der Waals surface area contributed by atoms with Gasteiger partial charge in [-0.2, -0.15) is 9.64 Å². The maximum absolute atomic E-state index is 8.74. The van der Waals surface area contributed by atoms with E-state index < -0.39 is 0 Å². The first-order valence-electron chi connectivity index (χ1n) is 3.69. The van der Waals surface area contributed by atoms with Crippen molar-refractivity contribution in [3.8, 4) is 6.07 Å². The predicted molar refractivity (Wildman–Crippen MR) is 48.5 cm³/mol. The average Bonchev–Trinajstić information content (AvgIpc) is 2.47. The molecule has 0 saturated heterocycles. The summed E-state index contributed by atoms with van der Waals surface area (Å²) in [4.78, 5) is 4.12. The Labute approximate surface area is 75.5 Å². The Kier molecular flexibility index (Phi) is 2.94. The number of hydrogen-bond acceptors (Lipinski definition) is 4. The van der Waals surface area contributed by atoms with Gasteiger partial charge in [-0.3, -0.25) is 0 Å². The average molecular weight is 179 g/mol. The summed E-state index contributed by atoms with van der Waals surface area (Å²) >= 11 is 1.27. The zero-order chi connectivity index (χ0) is 8.97. The molecular weight excluding hydrogens is 170 g/mol. The van der Waals surface area contributed by atoms with Crippen LogP contribution in [0.2, 0.25) is 0 Å². The molecule has 1 aromatic heterocycles. The van der Waals surface area contributed by atoms with Crippen LogP contribution in [0.3, 0.4) is 0 Å². The van der Waals surface area contributed by atoms with Crippen molar-refractivity contribution in [1.82, 2.24) is 9.36 Å². The molecule has 62 valence electrons. The lowest BCUT2D eigenvalue weighted by atomic mass is 10.2. The van der Waals surface area contributed by atoms with Crippen molar-refractivity contribution in [2.24, 2.45) is 0 Å². The molecule has 0 atom stereocenters. The van der Waals surface area contributed by atoms with Crippen molar-refractivity contribution in [3.05, 3.63) is 16.9 Å². The Hall–Kier alpha value is -1.21. The van der Waals surface area contributed by atoms with E-state index in [9.17, 15) is 0 Å². The highest BCUT2D eigenvalue weighted by molar-refractivity contribution is 7.06. The number of aromatic nitrogens is 2. The molecule has 0 bridgehead atoms. The normalized spacial score (nSPS) is 11.2. The molecule has 0 aromatic carbocycles. The number of rotatable bonds is 2. The molecule has 4 heteroatoms. The van der Waals surface area contributed by atoms with Crippen LogP contribution in [0.1, 0.15) is 24.2 Å². The Morgan fingerprint density at radius 2 is 2.50 bits per heavy atom. The number of aryl methyl sites for hydroxylation is 1. The summed E-state index contributed by atoms with van der Waals surface area (Å²) in [5, 5.41) is 9.46. The molecule has 12 heavy (non-hydrogen) atoms. The number of hydrogen-bond donors (Lipinski definition) is 0. The fraction of sp³-hybridized carbons (Fsp3) is 0.375. The smallest absolute Gasteiger partial charge is 0.154 e. The molecule has 0 aliphatic rings. The molecule has 1 heterocycles. The topological polar surface area (TPSA) is 49.6 Å². The summed E-state index contributed by atoms with van der Waals surface area (Å²) in [5.41, 5.74) is 0.628. The van der Waals surface area contributed by atoms with Crippen LogP contribution in [-0.2, 0) is 0 Å². The molecule has 0 spiro atoms. The fourth-order valence-electron chi connectivity index (χ4n) is 0.791. The van der Waals surface area contributed by atoms with Gasteiger partial charge in [0.15, 0.2) is 5.01 Å². The molecular formula is C8H9N3S. The highest BCUT2D eigenvalue weighted by Gasteiger charge is 2.04. The minimum Gasteiger partial charge on any atom is -0.219 e.